The molecule has 0 saturated heterocycles. The lowest BCUT2D eigenvalue weighted by molar-refractivity contribution is 0.0938. The first-order chi connectivity index (χ1) is 14.1. The number of carbonyl (C=O) groups excluding carboxylic acids is 1. The van der Waals surface area contributed by atoms with Crippen molar-refractivity contribution < 1.29 is 13.6 Å². The summed E-state index contributed by atoms with van der Waals surface area (Å²) in [5.41, 5.74) is 2.97. The zero-order valence-electron chi connectivity index (χ0n) is 15.7. The Morgan fingerprint density at radius 2 is 1.62 bits per heavy atom. The molecule has 4 rings (SSSR count). The van der Waals surface area contributed by atoms with Gasteiger partial charge in [0, 0.05) is 11.1 Å². The fourth-order valence-electron chi connectivity index (χ4n) is 2.91. The number of carbonyl (C=O) groups is 1. The Morgan fingerprint density at radius 1 is 0.931 bits per heavy atom. The molecule has 144 valence electrons. The van der Waals surface area contributed by atoms with Crippen LogP contribution in [0.2, 0.25) is 0 Å². The first kappa shape index (κ1) is 18.6. The molecule has 6 heteroatoms. The number of benzene rings is 3. The Kier molecular flexibility index (Phi) is 5.16. The van der Waals surface area contributed by atoms with Crippen molar-refractivity contribution in [3.63, 3.8) is 0 Å². The predicted molar refractivity (Wildman–Crippen MR) is 107 cm³/mol. The van der Waals surface area contributed by atoms with Crippen LogP contribution in [0.5, 0.6) is 0 Å². The molecule has 0 aliphatic carbocycles. The molecule has 1 unspecified atom stereocenters. The molecular weight excluding hydrogens is 369 g/mol. The number of nitrogens with zero attached hydrogens (tertiary/aromatic N) is 2. The smallest absolute Gasteiger partial charge is 0.252 e. The maximum Gasteiger partial charge on any atom is 0.252 e. The SMILES string of the molecule is Cc1ccc(C(=O)NC(c2ccc(F)cc2)c2nnc(-c3ccccc3)o2)cc1. The van der Waals surface area contributed by atoms with Crippen molar-refractivity contribution in [3.8, 4) is 11.5 Å². The van der Waals surface area contributed by atoms with Crippen molar-refractivity contribution in [1.29, 1.82) is 0 Å². The summed E-state index contributed by atoms with van der Waals surface area (Å²) in [6.07, 6.45) is 0. The Balaban J connectivity index is 1.67. The van der Waals surface area contributed by atoms with Crippen LogP contribution in [0.1, 0.15) is 33.4 Å². The predicted octanol–water partition coefficient (Wildman–Crippen LogP) is 4.70. The zero-order valence-corrected chi connectivity index (χ0v) is 15.7. The van der Waals surface area contributed by atoms with Gasteiger partial charge in [-0.2, -0.15) is 0 Å². The lowest BCUT2D eigenvalue weighted by atomic mass is 10.1. The number of hydrogen-bond donors (Lipinski definition) is 1. The summed E-state index contributed by atoms with van der Waals surface area (Å²) in [7, 11) is 0. The molecule has 0 aliphatic rings. The molecule has 1 heterocycles. The number of rotatable bonds is 5. The van der Waals surface area contributed by atoms with Crippen LogP contribution >= 0.6 is 0 Å². The normalized spacial score (nSPS) is 11.8. The highest BCUT2D eigenvalue weighted by molar-refractivity contribution is 5.94. The zero-order chi connectivity index (χ0) is 20.2. The minimum atomic E-state index is -0.714. The van der Waals surface area contributed by atoms with Gasteiger partial charge in [0.15, 0.2) is 0 Å². The van der Waals surface area contributed by atoms with Crippen LogP contribution in [0.25, 0.3) is 11.5 Å². The van der Waals surface area contributed by atoms with Gasteiger partial charge < -0.3 is 9.73 Å². The van der Waals surface area contributed by atoms with Crippen molar-refractivity contribution in [2.45, 2.75) is 13.0 Å². The van der Waals surface area contributed by atoms with Gasteiger partial charge >= 0.3 is 0 Å². The van der Waals surface area contributed by atoms with E-state index in [0.29, 0.717) is 17.0 Å². The summed E-state index contributed by atoms with van der Waals surface area (Å²) in [5, 5.41) is 11.1. The molecule has 0 bridgehead atoms. The van der Waals surface area contributed by atoms with Gasteiger partial charge in [0.25, 0.3) is 5.91 Å². The van der Waals surface area contributed by atoms with E-state index in [0.717, 1.165) is 11.1 Å². The average molecular weight is 387 g/mol. The Hall–Kier alpha value is -3.80. The van der Waals surface area contributed by atoms with E-state index in [4.69, 9.17) is 4.42 Å². The Bertz CT molecular complexity index is 1110. The second-order valence-corrected chi connectivity index (χ2v) is 6.64. The van der Waals surface area contributed by atoms with Gasteiger partial charge in [-0.05, 0) is 48.9 Å². The first-order valence-electron chi connectivity index (χ1n) is 9.12. The molecule has 1 aromatic heterocycles. The summed E-state index contributed by atoms with van der Waals surface area (Å²) in [5.74, 6) is -0.0973. The molecular formula is C23H18FN3O2. The van der Waals surface area contributed by atoms with Crippen LogP contribution in [-0.4, -0.2) is 16.1 Å². The van der Waals surface area contributed by atoms with Crippen molar-refractivity contribution >= 4 is 5.91 Å². The van der Waals surface area contributed by atoms with E-state index in [9.17, 15) is 9.18 Å². The van der Waals surface area contributed by atoms with E-state index < -0.39 is 6.04 Å². The van der Waals surface area contributed by atoms with E-state index in [1.165, 1.54) is 12.1 Å². The molecule has 3 aromatic carbocycles. The summed E-state index contributed by atoms with van der Waals surface area (Å²) >= 11 is 0. The van der Waals surface area contributed by atoms with Gasteiger partial charge in [0.1, 0.15) is 11.9 Å². The van der Waals surface area contributed by atoms with Gasteiger partial charge in [0.05, 0.1) is 0 Å². The summed E-state index contributed by atoms with van der Waals surface area (Å²) in [4.78, 5) is 12.8. The van der Waals surface area contributed by atoms with Crippen LogP contribution in [0.15, 0.2) is 83.3 Å². The van der Waals surface area contributed by atoms with E-state index in [-0.39, 0.29) is 17.6 Å². The van der Waals surface area contributed by atoms with Crippen LogP contribution < -0.4 is 5.32 Å². The number of nitrogens with one attached hydrogen (secondary N) is 1. The van der Waals surface area contributed by atoms with Crippen LogP contribution in [0, 0.1) is 12.7 Å². The molecule has 29 heavy (non-hydrogen) atoms. The van der Waals surface area contributed by atoms with Crippen molar-refractivity contribution in [3.05, 3.63) is 107 Å². The molecule has 4 aromatic rings. The third-order valence-electron chi connectivity index (χ3n) is 4.50. The highest BCUT2D eigenvalue weighted by Gasteiger charge is 2.24. The third-order valence-corrected chi connectivity index (χ3v) is 4.50. The van der Waals surface area contributed by atoms with E-state index in [1.54, 1.807) is 24.3 Å². The third kappa shape index (κ3) is 4.21. The first-order valence-corrected chi connectivity index (χ1v) is 9.12. The average Bonchev–Trinajstić information content (AvgIpc) is 3.24. The summed E-state index contributed by atoms with van der Waals surface area (Å²) in [6, 6.07) is 21.7. The molecule has 1 atom stereocenters. The summed E-state index contributed by atoms with van der Waals surface area (Å²) < 4.78 is 19.2. The lowest BCUT2D eigenvalue weighted by Gasteiger charge is -2.16. The quantitative estimate of drug-likeness (QED) is 0.539. The molecule has 0 radical (unpaired) electrons. The maximum absolute atomic E-state index is 13.4. The standard InChI is InChI=1S/C23H18FN3O2/c1-15-7-9-17(10-8-15)21(28)25-20(16-11-13-19(24)14-12-16)23-27-26-22(29-23)18-5-3-2-4-6-18/h2-14,20H,1H3,(H,25,28). The molecule has 5 nitrogen and oxygen atoms in total. The Morgan fingerprint density at radius 3 is 2.31 bits per heavy atom. The van der Waals surface area contributed by atoms with E-state index in [1.807, 2.05) is 49.4 Å². The molecule has 0 fully saturated rings. The number of amides is 1. The van der Waals surface area contributed by atoms with Crippen molar-refractivity contribution in [2.24, 2.45) is 0 Å². The van der Waals surface area contributed by atoms with E-state index in [2.05, 4.69) is 15.5 Å². The second kappa shape index (κ2) is 8.06. The fraction of sp³-hybridized carbons (Fsp3) is 0.0870. The molecule has 0 saturated carbocycles. The van der Waals surface area contributed by atoms with Gasteiger partial charge in [-0.3, -0.25) is 4.79 Å². The maximum atomic E-state index is 13.4. The highest BCUT2D eigenvalue weighted by Crippen LogP contribution is 2.25. The van der Waals surface area contributed by atoms with Gasteiger partial charge in [-0.1, -0.05) is 48.0 Å². The van der Waals surface area contributed by atoms with Gasteiger partial charge in [-0.25, -0.2) is 4.39 Å². The monoisotopic (exact) mass is 387 g/mol. The van der Waals surface area contributed by atoms with E-state index >= 15 is 0 Å². The van der Waals surface area contributed by atoms with Crippen LogP contribution in [0.3, 0.4) is 0 Å². The minimum absolute atomic E-state index is 0.218. The molecule has 1 N–H and O–H groups in total. The summed E-state index contributed by atoms with van der Waals surface area (Å²) in [6.45, 7) is 1.95. The van der Waals surface area contributed by atoms with Crippen molar-refractivity contribution in [1.82, 2.24) is 15.5 Å². The van der Waals surface area contributed by atoms with Crippen LogP contribution in [0.4, 0.5) is 4.39 Å². The Labute approximate surface area is 167 Å². The largest absolute Gasteiger partial charge is 0.418 e. The van der Waals surface area contributed by atoms with Gasteiger partial charge in [0.2, 0.25) is 11.8 Å². The lowest BCUT2D eigenvalue weighted by Crippen LogP contribution is -2.29. The molecule has 0 aliphatic heterocycles. The van der Waals surface area contributed by atoms with Crippen molar-refractivity contribution in [2.75, 3.05) is 0 Å². The number of hydrogen-bond acceptors (Lipinski definition) is 4. The topological polar surface area (TPSA) is 68.0 Å². The molecule has 1 amide bonds. The minimum Gasteiger partial charge on any atom is -0.418 e. The fourth-order valence-corrected chi connectivity index (χ4v) is 2.91. The number of aromatic nitrogens is 2. The van der Waals surface area contributed by atoms with Gasteiger partial charge in [-0.15, -0.1) is 10.2 Å². The molecule has 0 spiro atoms. The highest BCUT2D eigenvalue weighted by atomic mass is 19.1. The van der Waals surface area contributed by atoms with Crippen LogP contribution in [-0.2, 0) is 0 Å². The number of halogens is 1. The second-order valence-electron chi connectivity index (χ2n) is 6.64. The number of aryl methyl sites for hydroxylation is 1.